The number of halogens is 11. The molecule has 0 radical (unpaired) electrons. The molecular formula is C88H72BrF10N9O16S4. The number of nitrogens with zero attached hydrogens (tertiary/aromatic N) is 6. The number of aliphatic imine (C=N–C) groups is 2. The molecule has 2 aliphatic heterocycles. The monoisotopic (exact) mass is 1910 g/mol. The quantitative estimate of drug-likeness (QED) is 0.0282. The number of amides is 2. The standard InChI is InChI=1S/C20H16F2N4O2S.C18H14BrF2NO4S.C18H14F2N2O3S.C16H13F2NO3S.C9H5F2NO.C7H10O3/c1-9-24-25-16-8-23-18(10-3-12(21)7-13(22)4-10)17-14-5-11(20(27)28-2)6-15(14)29-19(17)26(9)16;1-26-18(25)9-4-12-13(5-9)27-17(22-14(23)7-19)15(12)16(24)8-2-10(20)6-11(21)3-8;1-25-18(24)9-4-12-13(5-9)26-17-15(12)16(21-7-14(23)22-17)8-2-10(19)6-11(20)3-8;1-22-16(21)8-4-11-12(5-8)23-15(19)13(11)14(20)7-2-9(17)6-10(18)3-7;10-7-3-6(4-8(11)5-7)9(13)1-2-12;1-10-7(9)5-2-3-6(8)4-5/h3-4,7,11H,5-6,8H2,1-2H3;2-3,6,9H,4-5,7H2,1H3,(H,22,23);2-3,6,9H,4-5,7H2,1H3,(H,22,23);2-3,6,8H,4-5,19H2,1H3;3-5H,1H2;5H,2-4H2,1H3. The maximum Gasteiger partial charge on any atom is 0.309 e. The number of methoxy groups -OCH3 is 5. The number of carbonyl (C=O) groups excluding carboxylic acids is 11. The van der Waals surface area contributed by atoms with Crippen LogP contribution < -0.4 is 16.4 Å². The molecule has 7 heterocycles. The fraction of sp³-hybridized carbons (Fsp3) is 0.295. The third-order valence-electron chi connectivity index (χ3n) is 21.2. The number of esters is 5. The number of ketones is 4. The Morgan fingerprint density at radius 3 is 1.33 bits per heavy atom. The van der Waals surface area contributed by atoms with Crippen LogP contribution in [-0.2, 0) is 120 Å². The fourth-order valence-corrected chi connectivity index (χ4v) is 21.0. The molecule has 5 aromatic carbocycles. The van der Waals surface area contributed by atoms with Crippen molar-refractivity contribution in [1.82, 2.24) is 14.8 Å². The molecule has 0 saturated heterocycles. The van der Waals surface area contributed by atoms with Crippen LogP contribution in [-0.4, -0.2) is 138 Å². The Balaban J connectivity index is 0.000000143. The lowest BCUT2D eigenvalue weighted by Gasteiger charge is -2.12. The van der Waals surface area contributed by atoms with Crippen molar-refractivity contribution in [3.63, 3.8) is 0 Å². The van der Waals surface area contributed by atoms with Crippen LogP contribution in [0.1, 0.15) is 144 Å². The maximum absolute atomic E-state index is 14.0. The first-order valence-electron chi connectivity index (χ1n) is 38.7. The number of aryl methyl sites for hydroxylation is 1. The van der Waals surface area contributed by atoms with Gasteiger partial charge in [-0.2, -0.15) is 5.26 Å². The summed E-state index contributed by atoms with van der Waals surface area (Å²) in [6.45, 7) is 1.96. The smallest absolute Gasteiger partial charge is 0.309 e. The summed E-state index contributed by atoms with van der Waals surface area (Å²) in [7, 11) is 6.68. The number of aromatic nitrogens is 3. The van der Waals surface area contributed by atoms with Crippen LogP contribution in [0.15, 0.2) is 101 Å². The normalized spacial score (nSPS) is 16.7. The Kier molecular flexibility index (Phi) is 30.3. The molecule has 128 heavy (non-hydrogen) atoms. The lowest BCUT2D eigenvalue weighted by Crippen LogP contribution is -2.18. The third kappa shape index (κ3) is 21.5. The zero-order valence-electron chi connectivity index (χ0n) is 68.2. The SMILES string of the molecule is COC(=O)C1CCC(=O)C1.COC(=O)C1Cc2sc(N)c(C(=O)c3cc(F)cc(F)c3)c2C1.COC(=O)C1Cc2sc(NC(=O)CBr)c(C(=O)c3cc(F)cc(F)c3)c2C1.COC(=O)C1Cc2sc3c(c2C1)C(c1cc(F)cc(F)c1)=NCC(=O)N3.COC(=O)C1Cc2sc3c(c2C1)C(c1cc(F)cc(F)c1)=NCc1nnc(C)n1-3.N#CCC(=O)c1cc(F)cc(F)c1. The van der Waals surface area contributed by atoms with Gasteiger partial charge in [-0.3, -0.25) is 67.3 Å². The van der Waals surface area contributed by atoms with E-state index in [9.17, 15) is 96.6 Å². The van der Waals surface area contributed by atoms with Gasteiger partial charge in [0.2, 0.25) is 11.8 Å². The van der Waals surface area contributed by atoms with Gasteiger partial charge >= 0.3 is 29.8 Å². The van der Waals surface area contributed by atoms with Crippen LogP contribution in [0, 0.1) is 106 Å². The van der Waals surface area contributed by atoms with E-state index in [1.807, 2.05) is 11.5 Å². The lowest BCUT2D eigenvalue weighted by atomic mass is 9.97. The Morgan fingerprint density at radius 2 is 0.883 bits per heavy atom. The average Bonchev–Trinajstić information content (AvgIpc) is 1.57. The highest BCUT2D eigenvalue weighted by Gasteiger charge is 2.42. The van der Waals surface area contributed by atoms with E-state index in [1.165, 1.54) is 93.8 Å². The molecule has 0 spiro atoms. The number of ether oxygens (including phenoxy) is 5. The largest absolute Gasteiger partial charge is 0.469 e. The number of alkyl halides is 1. The topological polar surface area (TPSA) is 363 Å². The fourth-order valence-electron chi connectivity index (χ4n) is 15.5. The molecule has 5 unspecified atom stereocenters. The van der Waals surface area contributed by atoms with Gasteiger partial charge < -0.3 is 40.1 Å². The number of hydrogen-bond acceptors (Lipinski definition) is 26. The molecule has 666 valence electrons. The molecule has 1 saturated carbocycles. The van der Waals surface area contributed by atoms with Crippen LogP contribution in [0.4, 0.5) is 58.9 Å². The minimum absolute atomic E-state index is 0.0303. The highest BCUT2D eigenvalue weighted by atomic mass is 79.9. The van der Waals surface area contributed by atoms with Crippen LogP contribution >= 0.6 is 61.3 Å². The van der Waals surface area contributed by atoms with E-state index in [-0.39, 0.29) is 136 Å². The first kappa shape index (κ1) is 94.5. The zero-order chi connectivity index (χ0) is 92.5. The molecule has 17 rings (SSSR count). The van der Waals surface area contributed by atoms with Crippen molar-refractivity contribution in [2.45, 2.75) is 90.5 Å². The van der Waals surface area contributed by atoms with Gasteiger partial charge in [0, 0.05) is 102 Å². The van der Waals surface area contributed by atoms with E-state index < -0.39 is 81.4 Å². The summed E-state index contributed by atoms with van der Waals surface area (Å²) < 4.78 is 160. The summed E-state index contributed by atoms with van der Waals surface area (Å²) in [5.74, 6) is -11.6. The first-order chi connectivity index (χ1) is 61.0. The average molecular weight is 1910 g/mol. The summed E-state index contributed by atoms with van der Waals surface area (Å²) in [6, 6.07) is 15.9. The highest BCUT2D eigenvalue weighted by Crippen LogP contribution is 2.48. The van der Waals surface area contributed by atoms with Crippen molar-refractivity contribution in [3.05, 3.63) is 253 Å². The molecule has 40 heteroatoms. The van der Waals surface area contributed by atoms with Gasteiger partial charge in [-0.15, -0.1) is 55.5 Å². The molecule has 10 aromatic rings. The van der Waals surface area contributed by atoms with E-state index in [1.54, 1.807) is 17.4 Å². The molecule has 0 bridgehead atoms. The summed E-state index contributed by atoms with van der Waals surface area (Å²) >= 11 is 8.37. The second kappa shape index (κ2) is 41.0. The van der Waals surface area contributed by atoms with Crippen LogP contribution in [0.3, 0.4) is 0 Å². The molecule has 4 N–H and O–H groups in total. The number of rotatable bonds is 15. The van der Waals surface area contributed by atoms with E-state index in [0.29, 0.717) is 143 Å². The summed E-state index contributed by atoms with van der Waals surface area (Å²) in [5.41, 5.74) is 12.0. The summed E-state index contributed by atoms with van der Waals surface area (Å²) in [5, 5.41) is 24.1. The number of carbonyl (C=O) groups is 11. The predicted molar refractivity (Wildman–Crippen MR) is 451 cm³/mol. The van der Waals surface area contributed by atoms with Gasteiger partial charge in [0.05, 0.1) is 111 Å². The van der Waals surface area contributed by atoms with Crippen molar-refractivity contribution in [3.8, 4) is 11.1 Å². The number of benzene rings is 5. The van der Waals surface area contributed by atoms with Gasteiger partial charge in [0.25, 0.3) is 0 Å². The molecule has 5 aliphatic carbocycles. The van der Waals surface area contributed by atoms with Gasteiger partial charge in [-0.25, -0.2) is 43.9 Å². The van der Waals surface area contributed by atoms with E-state index in [2.05, 4.69) is 51.5 Å². The van der Waals surface area contributed by atoms with Crippen LogP contribution in [0.25, 0.3) is 5.00 Å². The van der Waals surface area contributed by atoms with Gasteiger partial charge in [-0.05, 0) is 148 Å². The number of Topliss-reactive ketones (excluding diaryl/α,β-unsaturated/α-hetero) is 2. The van der Waals surface area contributed by atoms with Gasteiger partial charge in [0.15, 0.2) is 23.2 Å². The van der Waals surface area contributed by atoms with Crippen molar-refractivity contribution >= 4 is 152 Å². The second-order valence-corrected chi connectivity index (χ2v) is 34.6. The van der Waals surface area contributed by atoms with Crippen molar-refractivity contribution < 1.29 is 120 Å². The number of thiophene rings is 4. The molecule has 1 fully saturated rings. The molecule has 5 aromatic heterocycles. The van der Waals surface area contributed by atoms with Crippen molar-refractivity contribution in [1.29, 1.82) is 5.26 Å². The van der Waals surface area contributed by atoms with Crippen molar-refractivity contribution in [2.75, 3.05) is 63.8 Å². The van der Waals surface area contributed by atoms with Crippen LogP contribution in [0.5, 0.6) is 0 Å². The van der Waals surface area contributed by atoms with E-state index in [4.69, 9.17) is 29.9 Å². The molecule has 5 atom stereocenters. The Bertz CT molecular complexity index is 6190. The predicted octanol–water partition coefficient (Wildman–Crippen LogP) is 14.7. The number of nitrogens with two attached hydrogens (primary N) is 1. The molecule has 7 aliphatic rings. The number of nitrogen functional groups attached to an aromatic ring is 1. The Morgan fingerprint density at radius 1 is 0.492 bits per heavy atom. The molecule has 2 amide bonds. The molecular weight excluding hydrogens is 1840 g/mol. The third-order valence-corrected chi connectivity index (χ3v) is 26.3. The summed E-state index contributed by atoms with van der Waals surface area (Å²) in [6.07, 6.45) is 4.70. The van der Waals surface area contributed by atoms with Gasteiger partial charge in [-0.1, -0.05) is 15.9 Å². The Hall–Kier alpha value is -12.6. The highest BCUT2D eigenvalue weighted by molar-refractivity contribution is 9.09. The second-order valence-electron chi connectivity index (χ2n) is 29.6. The van der Waals surface area contributed by atoms with Crippen LogP contribution in [0.2, 0.25) is 0 Å². The maximum atomic E-state index is 14.0. The van der Waals surface area contributed by atoms with Crippen molar-refractivity contribution in [2.24, 2.45) is 39.6 Å². The van der Waals surface area contributed by atoms with E-state index >= 15 is 0 Å². The number of nitrogens with one attached hydrogen (secondary N) is 2. The van der Waals surface area contributed by atoms with Gasteiger partial charge in [0.1, 0.15) is 97.9 Å². The number of anilines is 3. The van der Waals surface area contributed by atoms with E-state index in [0.717, 1.165) is 89.7 Å². The number of hydrogen-bond donors (Lipinski definition) is 3. The number of fused-ring (bicyclic) bond motifs is 10. The minimum atomic E-state index is -0.872. The Labute approximate surface area is 745 Å². The minimum Gasteiger partial charge on any atom is -0.469 e. The number of nitriles is 1. The molecule has 25 nitrogen and oxygen atoms in total. The first-order valence-corrected chi connectivity index (χ1v) is 43.1. The zero-order valence-corrected chi connectivity index (χ0v) is 73.1. The lowest BCUT2D eigenvalue weighted by molar-refractivity contribution is -0.146. The summed E-state index contributed by atoms with van der Waals surface area (Å²) in [4.78, 5) is 142.